The van der Waals surface area contributed by atoms with Gasteiger partial charge in [0.25, 0.3) is 0 Å². The maximum Gasteiger partial charge on any atom is 0.213 e. The maximum atomic E-state index is 13.5. The van der Waals surface area contributed by atoms with E-state index < -0.39 is 11.8 Å². The Kier molecular flexibility index (Phi) is 4.21. The molecule has 0 aromatic carbocycles. The number of morpholine rings is 1. The lowest BCUT2D eigenvalue weighted by atomic mass is 10.1. The number of halogens is 2. The van der Waals surface area contributed by atoms with Crippen molar-refractivity contribution in [1.29, 1.82) is 0 Å². The zero-order chi connectivity index (χ0) is 13.1. The molecule has 1 aromatic rings. The Morgan fingerprint density at radius 2 is 2.33 bits per heavy atom. The van der Waals surface area contributed by atoms with Gasteiger partial charge in [-0.1, -0.05) is 0 Å². The number of rotatable bonds is 3. The maximum absolute atomic E-state index is 13.5. The Balaban J connectivity index is 2.09. The molecule has 2 rings (SSSR count). The normalized spacial score (nSPS) is 25.3. The third-order valence-corrected chi connectivity index (χ3v) is 3.11. The van der Waals surface area contributed by atoms with Crippen molar-refractivity contribution in [3.05, 3.63) is 29.6 Å². The van der Waals surface area contributed by atoms with Gasteiger partial charge in [-0.25, -0.2) is 9.37 Å². The van der Waals surface area contributed by atoms with E-state index in [2.05, 4.69) is 4.98 Å². The van der Waals surface area contributed by atoms with E-state index in [-0.39, 0.29) is 30.9 Å². The van der Waals surface area contributed by atoms with E-state index in [0.717, 1.165) is 12.3 Å². The van der Waals surface area contributed by atoms with Crippen LogP contribution in [0.1, 0.15) is 12.5 Å². The summed E-state index contributed by atoms with van der Waals surface area (Å²) in [4.78, 5) is 5.22. The number of aliphatic hydroxyl groups is 1. The molecule has 2 heterocycles. The Labute approximate surface area is 104 Å². The molecule has 4 nitrogen and oxygen atoms in total. The molecule has 2 unspecified atom stereocenters. The van der Waals surface area contributed by atoms with Gasteiger partial charge in [0.05, 0.1) is 25.5 Å². The summed E-state index contributed by atoms with van der Waals surface area (Å²) >= 11 is 0. The zero-order valence-electron chi connectivity index (χ0n) is 10.1. The van der Waals surface area contributed by atoms with Gasteiger partial charge in [-0.2, -0.15) is 4.39 Å². The lowest BCUT2D eigenvalue weighted by Crippen LogP contribution is -2.48. The van der Waals surface area contributed by atoms with Crippen LogP contribution in [0.5, 0.6) is 0 Å². The minimum absolute atomic E-state index is 0.0730. The molecule has 0 spiro atoms. The second-order valence-corrected chi connectivity index (χ2v) is 4.51. The number of hydrogen-bond acceptors (Lipinski definition) is 4. The number of pyridine rings is 1. The standard InChI is InChI=1S/C12H16F2N2O2/c1-8-7-18-10(6-17)5-16(8)4-9-2-12(14)15-3-11(9)13/h2-3,8,10,17H,4-7H2,1H3. The van der Waals surface area contributed by atoms with E-state index in [1.54, 1.807) is 0 Å². The molecule has 1 aliphatic rings. The molecule has 0 amide bonds. The predicted molar refractivity (Wildman–Crippen MR) is 60.9 cm³/mol. The SMILES string of the molecule is CC1COC(CO)CN1Cc1cc(F)ncc1F. The molecular formula is C12H16F2N2O2. The van der Waals surface area contributed by atoms with Gasteiger partial charge < -0.3 is 9.84 Å². The van der Waals surface area contributed by atoms with E-state index in [1.807, 2.05) is 11.8 Å². The second-order valence-electron chi connectivity index (χ2n) is 4.51. The Morgan fingerprint density at radius 3 is 3.06 bits per heavy atom. The molecule has 2 atom stereocenters. The van der Waals surface area contributed by atoms with E-state index in [1.165, 1.54) is 0 Å². The van der Waals surface area contributed by atoms with Gasteiger partial charge in [0.15, 0.2) is 0 Å². The smallest absolute Gasteiger partial charge is 0.213 e. The van der Waals surface area contributed by atoms with Gasteiger partial charge in [0.2, 0.25) is 5.95 Å². The van der Waals surface area contributed by atoms with Crippen molar-refractivity contribution in [3.8, 4) is 0 Å². The van der Waals surface area contributed by atoms with Crippen LogP contribution in [0, 0.1) is 11.8 Å². The minimum atomic E-state index is -0.689. The van der Waals surface area contributed by atoms with Crippen molar-refractivity contribution in [2.75, 3.05) is 19.8 Å². The highest BCUT2D eigenvalue weighted by Crippen LogP contribution is 2.17. The monoisotopic (exact) mass is 258 g/mol. The van der Waals surface area contributed by atoms with Crippen molar-refractivity contribution in [1.82, 2.24) is 9.88 Å². The summed E-state index contributed by atoms with van der Waals surface area (Å²) in [5.74, 6) is -1.21. The van der Waals surface area contributed by atoms with Crippen molar-refractivity contribution in [2.45, 2.75) is 25.6 Å². The molecule has 1 N–H and O–H groups in total. The molecule has 1 fully saturated rings. The predicted octanol–water partition coefficient (Wildman–Crippen LogP) is 0.941. The van der Waals surface area contributed by atoms with E-state index in [4.69, 9.17) is 9.84 Å². The van der Waals surface area contributed by atoms with Crippen LogP contribution >= 0.6 is 0 Å². The van der Waals surface area contributed by atoms with Crippen LogP contribution in [-0.2, 0) is 11.3 Å². The first-order valence-electron chi connectivity index (χ1n) is 5.86. The van der Waals surface area contributed by atoms with E-state index >= 15 is 0 Å². The first-order chi connectivity index (χ1) is 8.60. The van der Waals surface area contributed by atoms with Gasteiger partial charge in [-0.3, -0.25) is 4.90 Å². The topological polar surface area (TPSA) is 45.6 Å². The Hall–Kier alpha value is -1.11. The van der Waals surface area contributed by atoms with E-state index in [0.29, 0.717) is 13.2 Å². The summed E-state index contributed by atoms with van der Waals surface area (Å²) in [6, 6.07) is 1.20. The van der Waals surface area contributed by atoms with Crippen molar-refractivity contribution < 1.29 is 18.6 Å². The summed E-state index contributed by atoms with van der Waals surface area (Å²) in [6.45, 7) is 3.13. The molecule has 1 aliphatic heterocycles. The van der Waals surface area contributed by atoms with Crippen LogP contribution in [0.15, 0.2) is 12.3 Å². The van der Waals surface area contributed by atoms with Crippen molar-refractivity contribution in [2.24, 2.45) is 0 Å². The summed E-state index contributed by atoms with van der Waals surface area (Å²) in [6.07, 6.45) is 0.621. The summed E-state index contributed by atoms with van der Waals surface area (Å²) in [5.41, 5.74) is 0.271. The highest BCUT2D eigenvalue weighted by Gasteiger charge is 2.26. The average Bonchev–Trinajstić information content (AvgIpc) is 2.36. The van der Waals surface area contributed by atoms with Crippen LogP contribution in [0.4, 0.5) is 8.78 Å². The fourth-order valence-corrected chi connectivity index (χ4v) is 2.00. The third-order valence-electron chi connectivity index (χ3n) is 3.11. The average molecular weight is 258 g/mol. The van der Waals surface area contributed by atoms with Crippen molar-refractivity contribution >= 4 is 0 Å². The summed E-state index contributed by atoms with van der Waals surface area (Å²) < 4.78 is 31.9. The zero-order valence-corrected chi connectivity index (χ0v) is 10.1. The highest BCUT2D eigenvalue weighted by atomic mass is 19.1. The quantitative estimate of drug-likeness (QED) is 0.820. The van der Waals surface area contributed by atoms with Gasteiger partial charge in [-0.15, -0.1) is 0 Å². The number of aromatic nitrogens is 1. The van der Waals surface area contributed by atoms with Crippen LogP contribution in [0.3, 0.4) is 0 Å². The van der Waals surface area contributed by atoms with Crippen LogP contribution < -0.4 is 0 Å². The van der Waals surface area contributed by atoms with E-state index in [9.17, 15) is 8.78 Å². The largest absolute Gasteiger partial charge is 0.394 e. The second kappa shape index (κ2) is 5.69. The molecule has 0 bridgehead atoms. The fourth-order valence-electron chi connectivity index (χ4n) is 2.00. The number of hydrogen-bond donors (Lipinski definition) is 1. The molecule has 0 saturated carbocycles. The molecule has 0 aliphatic carbocycles. The number of nitrogens with zero attached hydrogens (tertiary/aromatic N) is 2. The van der Waals surface area contributed by atoms with Crippen molar-refractivity contribution in [3.63, 3.8) is 0 Å². The van der Waals surface area contributed by atoms with Gasteiger partial charge >= 0.3 is 0 Å². The van der Waals surface area contributed by atoms with Gasteiger partial charge in [0, 0.05) is 30.8 Å². The number of ether oxygens (including phenoxy) is 1. The number of aliphatic hydroxyl groups excluding tert-OH is 1. The summed E-state index contributed by atoms with van der Waals surface area (Å²) in [5, 5.41) is 9.06. The highest BCUT2D eigenvalue weighted by molar-refractivity contribution is 5.13. The first kappa shape index (κ1) is 13.3. The van der Waals surface area contributed by atoms with Crippen LogP contribution in [0.2, 0.25) is 0 Å². The molecule has 18 heavy (non-hydrogen) atoms. The Bertz CT molecular complexity index is 417. The van der Waals surface area contributed by atoms with Gasteiger partial charge in [-0.05, 0) is 6.92 Å². The fraction of sp³-hybridized carbons (Fsp3) is 0.583. The minimum Gasteiger partial charge on any atom is -0.394 e. The van der Waals surface area contributed by atoms with Crippen LogP contribution in [0.25, 0.3) is 0 Å². The van der Waals surface area contributed by atoms with Gasteiger partial charge in [0.1, 0.15) is 5.82 Å². The lowest BCUT2D eigenvalue weighted by Gasteiger charge is -2.37. The molecule has 1 saturated heterocycles. The Morgan fingerprint density at radius 1 is 1.56 bits per heavy atom. The lowest BCUT2D eigenvalue weighted by molar-refractivity contribution is -0.0808. The first-order valence-corrected chi connectivity index (χ1v) is 5.86. The molecule has 1 aromatic heterocycles. The van der Waals surface area contributed by atoms with Crippen LogP contribution in [-0.4, -0.2) is 46.9 Å². The third kappa shape index (κ3) is 3.01. The molecular weight excluding hydrogens is 242 g/mol. The molecule has 0 radical (unpaired) electrons. The molecule has 6 heteroatoms. The molecule has 100 valence electrons. The summed E-state index contributed by atoms with van der Waals surface area (Å²) in [7, 11) is 0.